The lowest BCUT2D eigenvalue weighted by atomic mass is 10.0. The van der Waals surface area contributed by atoms with Gasteiger partial charge in [0.2, 0.25) is 0 Å². The second-order valence-electron chi connectivity index (χ2n) is 6.17. The van der Waals surface area contributed by atoms with Crippen molar-refractivity contribution in [3.05, 3.63) is 0 Å². The summed E-state index contributed by atoms with van der Waals surface area (Å²) in [6.07, 6.45) is 5.45. The van der Waals surface area contributed by atoms with Gasteiger partial charge in [-0.1, -0.05) is 0 Å². The molecule has 2 heterocycles. The monoisotopic (exact) mass is 298 g/mol. The van der Waals surface area contributed by atoms with Crippen LogP contribution >= 0.6 is 0 Å². The second-order valence-corrected chi connectivity index (χ2v) is 6.17. The average molecular weight is 298 g/mol. The standard InChI is InChI=1S/C15H26N2O4/c18-10-2-4-13-3-1-8-17(13)15(21)16-9-7-12(11-16)5-6-14(19)20/h12-13,18H,1-11H2,(H,19,20). The van der Waals surface area contributed by atoms with Crippen LogP contribution in [0.5, 0.6) is 0 Å². The van der Waals surface area contributed by atoms with Crippen molar-refractivity contribution in [3.8, 4) is 0 Å². The summed E-state index contributed by atoms with van der Waals surface area (Å²) in [5, 5.41) is 17.7. The Kier molecular flexibility index (Phi) is 5.85. The third-order valence-electron chi connectivity index (χ3n) is 4.64. The molecule has 2 amide bonds. The predicted octanol–water partition coefficient (Wildman–Crippen LogP) is 1.53. The highest BCUT2D eigenvalue weighted by molar-refractivity contribution is 5.75. The topological polar surface area (TPSA) is 81.1 Å². The van der Waals surface area contributed by atoms with Crippen molar-refractivity contribution in [1.82, 2.24) is 9.80 Å². The Hall–Kier alpha value is -1.30. The Labute approximate surface area is 125 Å². The molecule has 2 atom stereocenters. The molecule has 2 aliphatic rings. The van der Waals surface area contributed by atoms with Gasteiger partial charge in [-0.2, -0.15) is 0 Å². The maximum Gasteiger partial charge on any atom is 0.320 e. The van der Waals surface area contributed by atoms with E-state index in [9.17, 15) is 9.59 Å². The van der Waals surface area contributed by atoms with E-state index in [0.717, 1.165) is 45.2 Å². The van der Waals surface area contributed by atoms with Gasteiger partial charge in [0.1, 0.15) is 0 Å². The summed E-state index contributed by atoms with van der Waals surface area (Å²) in [6.45, 7) is 2.42. The van der Waals surface area contributed by atoms with Crippen molar-refractivity contribution in [3.63, 3.8) is 0 Å². The minimum absolute atomic E-state index is 0.105. The highest BCUT2D eigenvalue weighted by atomic mass is 16.4. The van der Waals surface area contributed by atoms with Crippen LogP contribution in [0.25, 0.3) is 0 Å². The van der Waals surface area contributed by atoms with Crippen molar-refractivity contribution in [2.24, 2.45) is 5.92 Å². The summed E-state index contributed by atoms with van der Waals surface area (Å²) >= 11 is 0. The first kappa shape index (κ1) is 16.1. The van der Waals surface area contributed by atoms with Crippen molar-refractivity contribution in [1.29, 1.82) is 0 Å². The lowest BCUT2D eigenvalue weighted by molar-refractivity contribution is -0.137. The molecule has 21 heavy (non-hydrogen) atoms. The molecule has 2 N–H and O–H groups in total. The fraction of sp³-hybridized carbons (Fsp3) is 0.867. The normalized spacial score (nSPS) is 25.6. The number of carbonyl (C=O) groups excluding carboxylic acids is 1. The van der Waals surface area contributed by atoms with Crippen molar-refractivity contribution in [2.45, 2.75) is 51.0 Å². The van der Waals surface area contributed by atoms with Gasteiger partial charge in [-0.25, -0.2) is 4.79 Å². The lowest BCUT2D eigenvalue weighted by Gasteiger charge is -2.29. The quantitative estimate of drug-likeness (QED) is 0.779. The molecule has 6 heteroatoms. The molecule has 0 spiro atoms. The van der Waals surface area contributed by atoms with E-state index >= 15 is 0 Å². The largest absolute Gasteiger partial charge is 0.481 e. The number of carboxylic acids is 1. The van der Waals surface area contributed by atoms with Gasteiger partial charge in [0.15, 0.2) is 0 Å². The molecule has 2 unspecified atom stereocenters. The maximum absolute atomic E-state index is 12.6. The van der Waals surface area contributed by atoms with Gasteiger partial charge in [0.05, 0.1) is 0 Å². The molecule has 0 aromatic heterocycles. The Morgan fingerprint density at radius 2 is 1.95 bits per heavy atom. The Balaban J connectivity index is 1.81. The minimum Gasteiger partial charge on any atom is -0.481 e. The molecular formula is C15H26N2O4. The highest BCUT2D eigenvalue weighted by Crippen LogP contribution is 2.27. The zero-order chi connectivity index (χ0) is 15.2. The van der Waals surface area contributed by atoms with E-state index in [1.807, 2.05) is 9.80 Å². The number of aliphatic carboxylic acids is 1. The van der Waals surface area contributed by atoms with Gasteiger partial charge in [-0.05, 0) is 44.4 Å². The summed E-state index contributed by atoms with van der Waals surface area (Å²) in [4.78, 5) is 27.0. The van der Waals surface area contributed by atoms with Gasteiger partial charge in [0, 0.05) is 38.7 Å². The van der Waals surface area contributed by atoms with E-state index in [2.05, 4.69) is 0 Å². The van der Waals surface area contributed by atoms with Crippen LogP contribution in [0.2, 0.25) is 0 Å². The Morgan fingerprint density at radius 1 is 1.14 bits per heavy atom. The maximum atomic E-state index is 12.6. The highest BCUT2D eigenvalue weighted by Gasteiger charge is 2.34. The average Bonchev–Trinajstić information content (AvgIpc) is 3.11. The molecule has 2 rings (SSSR count). The number of carboxylic acid groups (broad SMARTS) is 1. The number of nitrogens with zero attached hydrogens (tertiary/aromatic N) is 2. The molecular weight excluding hydrogens is 272 g/mol. The van der Waals surface area contributed by atoms with Gasteiger partial charge < -0.3 is 20.0 Å². The second kappa shape index (κ2) is 7.64. The Bertz CT molecular complexity index is 375. The van der Waals surface area contributed by atoms with Crippen molar-refractivity contribution >= 4 is 12.0 Å². The zero-order valence-electron chi connectivity index (χ0n) is 12.5. The van der Waals surface area contributed by atoms with Gasteiger partial charge in [0.25, 0.3) is 0 Å². The van der Waals surface area contributed by atoms with Crippen LogP contribution in [0, 0.1) is 5.92 Å². The number of urea groups is 1. The van der Waals surface area contributed by atoms with Crippen molar-refractivity contribution in [2.75, 3.05) is 26.2 Å². The fourth-order valence-corrected chi connectivity index (χ4v) is 3.47. The summed E-state index contributed by atoms with van der Waals surface area (Å²) in [5.41, 5.74) is 0. The van der Waals surface area contributed by atoms with Crippen LogP contribution in [-0.4, -0.2) is 64.3 Å². The third kappa shape index (κ3) is 4.33. The fourth-order valence-electron chi connectivity index (χ4n) is 3.47. The predicted molar refractivity (Wildman–Crippen MR) is 78.0 cm³/mol. The number of carbonyl (C=O) groups is 2. The van der Waals surface area contributed by atoms with E-state index in [4.69, 9.17) is 10.2 Å². The smallest absolute Gasteiger partial charge is 0.320 e. The summed E-state index contributed by atoms with van der Waals surface area (Å²) < 4.78 is 0. The van der Waals surface area contributed by atoms with E-state index < -0.39 is 5.97 Å². The van der Waals surface area contributed by atoms with Crippen LogP contribution in [0.3, 0.4) is 0 Å². The first-order valence-corrected chi connectivity index (χ1v) is 8.00. The first-order chi connectivity index (χ1) is 10.1. The molecule has 0 radical (unpaired) electrons. The van der Waals surface area contributed by atoms with E-state index in [0.29, 0.717) is 18.9 Å². The van der Waals surface area contributed by atoms with E-state index in [1.54, 1.807) is 0 Å². The summed E-state index contributed by atoms with van der Waals surface area (Å²) in [5.74, 6) is -0.438. The molecule has 0 aliphatic carbocycles. The summed E-state index contributed by atoms with van der Waals surface area (Å²) in [6, 6.07) is 0.371. The molecule has 2 aliphatic heterocycles. The molecule has 120 valence electrons. The number of aliphatic hydroxyl groups is 1. The van der Waals surface area contributed by atoms with Crippen LogP contribution in [0.15, 0.2) is 0 Å². The SMILES string of the molecule is O=C(O)CCC1CCN(C(=O)N2CCCC2CCCO)C1. The van der Waals surface area contributed by atoms with Crippen molar-refractivity contribution < 1.29 is 19.8 Å². The van der Waals surface area contributed by atoms with Gasteiger partial charge in [-0.3, -0.25) is 4.79 Å². The molecule has 0 saturated carbocycles. The number of amides is 2. The van der Waals surface area contributed by atoms with E-state index in [1.165, 1.54) is 0 Å². The zero-order valence-corrected chi connectivity index (χ0v) is 12.5. The number of aliphatic hydroxyl groups excluding tert-OH is 1. The van der Waals surface area contributed by atoms with Gasteiger partial charge in [-0.15, -0.1) is 0 Å². The van der Waals surface area contributed by atoms with Crippen LogP contribution in [0.1, 0.15) is 44.9 Å². The number of hydrogen-bond donors (Lipinski definition) is 2. The van der Waals surface area contributed by atoms with Crippen LogP contribution in [0.4, 0.5) is 4.79 Å². The number of hydrogen-bond acceptors (Lipinski definition) is 3. The number of rotatable bonds is 6. The minimum atomic E-state index is -0.761. The van der Waals surface area contributed by atoms with Crippen LogP contribution in [-0.2, 0) is 4.79 Å². The number of likely N-dealkylation sites (tertiary alicyclic amines) is 2. The molecule has 0 aromatic rings. The summed E-state index contributed by atoms with van der Waals surface area (Å²) in [7, 11) is 0. The lowest BCUT2D eigenvalue weighted by Crippen LogP contribution is -2.44. The molecule has 2 saturated heterocycles. The van der Waals surface area contributed by atoms with Gasteiger partial charge >= 0.3 is 12.0 Å². The molecule has 0 aromatic carbocycles. The third-order valence-corrected chi connectivity index (χ3v) is 4.64. The van der Waals surface area contributed by atoms with E-state index in [-0.39, 0.29) is 25.1 Å². The first-order valence-electron chi connectivity index (χ1n) is 8.00. The molecule has 0 bridgehead atoms. The molecule has 6 nitrogen and oxygen atoms in total. The van der Waals surface area contributed by atoms with Crippen LogP contribution < -0.4 is 0 Å². The molecule has 2 fully saturated rings. The Morgan fingerprint density at radius 3 is 2.67 bits per heavy atom.